The smallest absolute Gasteiger partial charge is 0.227 e. The number of rotatable bonds is 10. The fourth-order valence-electron chi connectivity index (χ4n) is 2.36. The van der Waals surface area contributed by atoms with E-state index in [0.717, 1.165) is 16.9 Å². The van der Waals surface area contributed by atoms with E-state index in [2.05, 4.69) is 27.0 Å². The highest BCUT2D eigenvalue weighted by atomic mass is 16.5. The molecule has 0 saturated carbocycles. The van der Waals surface area contributed by atoms with Crippen molar-refractivity contribution in [3.05, 3.63) is 29.3 Å². The van der Waals surface area contributed by atoms with Crippen molar-refractivity contribution >= 4 is 11.9 Å². The van der Waals surface area contributed by atoms with Crippen LogP contribution in [0.2, 0.25) is 0 Å². The van der Waals surface area contributed by atoms with E-state index in [1.165, 1.54) is 0 Å². The molecule has 0 aliphatic rings. The highest BCUT2D eigenvalue weighted by molar-refractivity contribution is 5.84. The minimum Gasteiger partial charge on any atom is -0.491 e. The summed E-state index contributed by atoms with van der Waals surface area (Å²) in [6.07, 6.45) is 0. The van der Waals surface area contributed by atoms with Crippen LogP contribution in [0.15, 0.2) is 23.2 Å². The fraction of sp³-hybridized carbons (Fsp3) is 0.600. The molecule has 0 atom stereocenters. The summed E-state index contributed by atoms with van der Waals surface area (Å²) in [6, 6.07) is 6.10. The summed E-state index contributed by atoms with van der Waals surface area (Å²) >= 11 is 0. The molecule has 1 aromatic rings. The molecule has 1 aromatic carbocycles. The van der Waals surface area contributed by atoms with E-state index in [-0.39, 0.29) is 5.91 Å². The molecule has 1 amide bonds. The van der Waals surface area contributed by atoms with E-state index in [0.29, 0.717) is 38.8 Å². The molecule has 3 N–H and O–H groups in total. The highest BCUT2D eigenvalue weighted by Crippen LogP contribution is 2.20. The van der Waals surface area contributed by atoms with Gasteiger partial charge >= 0.3 is 0 Å². The van der Waals surface area contributed by atoms with E-state index < -0.39 is 5.41 Å². The molecule has 27 heavy (non-hydrogen) atoms. The molecule has 0 saturated heterocycles. The van der Waals surface area contributed by atoms with Crippen molar-refractivity contribution in [1.82, 2.24) is 16.0 Å². The van der Waals surface area contributed by atoms with Crippen LogP contribution in [0.25, 0.3) is 0 Å². The SMILES string of the molecule is CCNC(=O)C(C)(C)CNC(=NC)NCc1ccc(C)cc1OCCOC. The van der Waals surface area contributed by atoms with Gasteiger partial charge in [0.2, 0.25) is 5.91 Å². The first-order valence-electron chi connectivity index (χ1n) is 9.28. The van der Waals surface area contributed by atoms with Gasteiger partial charge in [-0.25, -0.2) is 0 Å². The second-order valence-electron chi connectivity index (χ2n) is 6.98. The van der Waals surface area contributed by atoms with E-state index in [1.54, 1.807) is 14.2 Å². The summed E-state index contributed by atoms with van der Waals surface area (Å²) < 4.78 is 10.9. The van der Waals surface area contributed by atoms with Gasteiger partial charge in [0.15, 0.2) is 5.96 Å². The highest BCUT2D eigenvalue weighted by Gasteiger charge is 2.27. The minimum atomic E-state index is -0.536. The maximum atomic E-state index is 12.1. The lowest BCUT2D eigenvalue weighted by Crippen LogP contribution is -2.47. The van der Waals surface area contributed by atoms with Gasteiger partial charge in [-0.3, -0.25) is 9.79 Å². The first kappa shape index (κ1) is 22.8. The van der Waals surface area contributed by atoms with Gasteiger partial charge in [-0.15, -0.1) is 0 Å². The maximum Gasteiger partial charge on any atom is 0.227 e. The van der Waals surface area contributed by atoms with Gasteiger partial charge in [0.25, 0.3) is 0 Å². The Kier molecular flexibility index (Phi) is 9.64. The summed E-state index contributed by atoms with van der Waals surface area (Å²) in [5.74, 6) is 1.48. The van der Waals surface area contributed by atoms with Crippen LogP contribution < -0.4 is 20.7 Å². The van der Waals surface area contributed by atoms with Crippen LogP contribution in [0.1, 0.15) is 31.9 Å². The van der Waals surface area contributed by atoms with Crippen LogP contribution in [0.3, 0.4) is 0 Å². The van der Waals surface area contributed by atoms with Crippen molar-refractivity contribution < 1.29 is 14.3 Å². The Bertz CT molecular complexity index is 630. The van der Waals surface area contributed by atoms with Crippen molar-refractivity contribution in [3.63, 3.8) is 0 Å². The molecule has 7 heteroatoms. The third-order valence-corrected chi connectivity index (χ3v) is 4.09. The molecule has 0 aromatic heterocycles. The van der Waals surface area contributed by atoms with E-state index in [9.17, 15) is 4.79 Å². The molecule has 0 aliphatic heterocycles. The summed E-state index contributed by atoms with van der Waals surface area (Å²) in [5.41, 5.74) is 1.63. The van der Waals surface area contributed by atoms with Crippen LogP contribution in [-0.2, 0) is 16.1 Å². The largest absolute Gasteiger partial charge is 0.491 e. The molecule has 0 bridgehead atoms. The van der Waals surface area contributed by atoms with Crippen molar-refractivity contribution in [2.24, 2.45) is 10.4 Å². The zero-order valence-corrected chi connectivity index (χ0v) is 17.4. The predicted octanol–water partition coefficient (Wildman–Crippen LogP) is 1.85. The number of guanidine groups is 1. The second kappa shape index (κ2) is 11.4. The average molecular weight is 379 g/mol. The fourth-order valence-corrected chi connectivity index (χ4v) is 2.36. The zero-order chi connectivity index (χ0) is 20.3. The Hall–Kier alpha value is -2.28. The molecule has 7 nitrogen and oxygen atoms in total. The summed E-state index contributed by atoms with van der Waals surface area (Å²) in [6.45, 7) is 10.4. The number of amides is 1. The van der Waals surface area contributed by atoms with Gasteiger partial charge in [0, 0.05) is 39.4 Å². The van der Waals surface area contributed by atoms with Crippen molar-refractivity contribution in [2.45, 2.75) is 34.2 Å². The van der Waals surface area contributed by atoms with Crippen LogP contribution in [-0.4, -0.2) is 52.3 Å². The summed E-state index contributed by atoms with van der Waals surface area (Å²) in [5, 5.41) is 9.35. The summed E-state index contributed by atoms with van der Waals surface area (Å²) in [7, 11) is 3.36. The zero-order valence-electron chi connectivity index (χ0n) is 17.4. The number of benzene rings is 1. The molecule has 0 unspecified atom stereocenters. The maximum absolute atomic E-state index is 12.1. The third kappa shape index (κ3) is 7.86. The minimum absolute atomic E-state index is 0.0142. The van der Waals surface area contributed by atoms with Crippen LogP contribution >= 0.6 is 0 Å². The summed E-state index contributed by atoms with van der Waals surface area (Å²) in [4.78, 5) is 16.3. The number of aliphatic imine (C=N–C) groups is 1. The van der Waals surface area contributed by atoms with Gasteiger partial charge in [0.05, 0.1) is 12.0 Å². The second-order valence-corrected chi connectivity index (χ2v) is 6.98. The lowest BCUT2D eigenvalue weighted by Gasteiger charge is -2.25. The molecule has 0 fully saturated rings. The van der Waals surface area contributed by atoms with E-state index in [4.69, 9.17) is 9.47 Å². The van der Waals surface area contributed by atoms with E-state index >= 15 is 0 Å². The number of methoxy groups -OCH3 is 1. The van der Waals surface area contributed by atoms with Gasteiger partial charge in [-0.05, 0) is 39.3 Å². The Morgan fingerprint density at radius 2 is 1.93 bits per heavy atom. The Morgan fingerprint density at radius 3 is 2.56 bits per heavy atom. The number of nitrogens with one attached hydrogen (secondary N) is 3. The molecule has 1 rings (SSSR count). The first-order chi connectivity index (χ1) is 12.8. The van der Waals surface area contributed by atoms with Crippen molar-refractivity contribution in [1.29, 1.82) is 0 Å². The molecular weight excluding hydrogens is 344 g/mol. The predicted molar refractivity (Wildman–Crippen MR) is 109 cm³/mol. The number of ether oxygens (including phenoxy) is 2. The quantitative estimate of drug-likeness (QED) is 0.329. The number of hydrogen-bond donors (Lipinski definition) is 3. The molecule has 0 heterocycles. The number of carbonyl (C=O) groups is 1. The topological polar surface area (TPSA) is 84.0 Å². The van der Waals surface area contributed by atoms with Gasteiger partial charge < -0.3 is 25.4 Å². The first-order valence-corrected chi connectivity index (χ1v) is 9.28. The number of nitrogens with zero attached hydrogens (tertiary/aromatic N) is 1. The number of aryl methyl sites for hydroxylation is 1. The van der Waals surface area contributed by atoms with Crippen molar-refractivity contribution in [3.8, 4) is 5.75 Å². The lowest BCUT2D eigenvalue weighted by atomic mass is 9.92. The third-order valence-electron chi connectivity index (χ3n) is 4.09. The Morgan fingerprint density at radius 1 is 1.19 bits per heavy atom. The molecular formula is C20H34N4O3. The molecule has 0 radical (unpaired) electrons. The normalized spacial score (nSPS) is 11.9. The molecule has 0 aliphatic carbocycles. The number of hydrogen-bond acceptors (Lipinski definition) is 4. The lowest BCUT2D eigenvalue weighted by molar-refractivity contribution is -0.128. The van der Waals surface area contributed by atoms with Gasteiger partial charge in [0.1, 0.15) is 12.4 Å². The molecule has 152 valence electrons. The van der Waals surface area contributed by atoms with Gasteiger partial charge in [-0.1, -0.05) is 12.1 Å². The standard InChI is InChI=1S/C20H34N4O3/c1-7-22-18(25)20(3,4)14-24-19(21-5)23-13-16-9-8-15(2)12-17(16)27-11-10-26-6/h8-9,12H,7,10-11,13-14H2,1-6H3,(H,22,25)(H2,21,23,24). The van der Waals surface area contributed by atoms with Gasteiger partial charge in [-0.2, -0.15) is 0 Å². The Labute approximate surface area is 162 Å². The van der Waals surface area contributed by atoms with Crippen LogP contribution in [0, 0.1) is 12.3 Å². The van der Waals surface area contributed by atoms with Crippen LogP contribution in [0.5, 0.6) is 5.75 Å². The Balaban J connectivity index is 2.66. The average Bonchev–Trinajstić information content (AvgIpc) is 2.63. The van der Waals surface area contributed by atoms with Crippen molar-refractivity contribution in [2.75, 3.05) is 40.5 Å². The number of carbonyl (C=O) groups excluding carboxylic acids is 1. The van der Waals surface area contributed by atoms with E-state index in [1.807, 2.05) is 39.8 Å². The molecule has 0 spiro atoms. The monoisotopic (exact) mass is 378 g/mol. The van der Waals surface area contributed by atoms with Crippen LogP contribution in [0.4, 0.5) is 0 Å².